The van der Waals surface area contributed by atoms with Gasteiger partial charge in [-0.3, -0.25) is 4.79 Å². The van der Waals surface area contributed by atoms with E-state index in [1.807, 2.05) is 0 Å². The summed E-state index contributed by atoms with van der Waals surface area (Å²) < 4.78 is 19.1. The van der Waals surface area contributed by atoms with Gasteiger partial charge >= 0.3 is 0 Å². The van der Waals surface area contributed by atoms with E-state index in [1.54, 1.807) is 55.5 Å². The number of pyridine rings is 1. The quantitative estimate of drug-likeness (QED) is 0.592. The SMILES string of the molecule is Cc1cc(-c2ccc(C=O)c(Oc3ccccc3Cl)n2)ccc1F. The van der Waals surface area contributed by atoms with Crippen molar-refractivity contribution in [3.05, 3.63) is 76.6 Å². The molecule has 0 aliphatic rings. The van der Waals surface area contributed by atoms with E-state index >= 15 is 0 Å². The van der Waals surface area contributed by atoms with Crippen LogP contribution in [0.4, 0.5) is 4.39 Å². The topological polar surface area (TPSA) is 39.2 Å². The number of aromatic nitrogens is 1. The van der Waals surface area contributed by atoms with Crippen molar-refractivity contribution in [2.75, 3.05) is 0 Å². The van der Waals surface area contributed by atoms with Crippen LogP contribution in [0.2, 0.25) is 5.02 Å². The third-order valence-corrected chi connectivity index (χ3v) is 3.83. The lowest BCUT2D eigenvalue weighted by Gasteiger charge is -2.10. The van der Waals surface area contributed by atoms with Crippen LogP contribution in [-0.4, -0.2) is 11.3 Å². The highest BCUT2D eigenvalue weighted by Crippen LogP contribution is 2.31. The number of carbonyl (C=O) groups is 1. The fourth-order valence-corrected chi connectivity index (χ4v) is 2.39. The van der Waals surface area contributed by atoms with E-state index in [0.717, 1.165) is 5.56 Å². The Labute approximate surface area is 143 Å². The van der Waals surface area contributed by atoms with Gasteiger partial charge in [-0.15, -0.1) is 0 Å². The van der Waals surface area contributed by atoms with Crippen molar-refractivity contribution in [2.24, 2.45) is 0 Å². The molecule has 0 unspecified atom stereocenters. The van der Waals surface area contributed by atoms with E-state index in [2.05, 4.69) is 4.98 Å². The van der Waals surface area contributed by atoms with Crippen LogP contribution in [0.1, 0.15) is 15.9 Å². The molecule has 0 aliphatic heterocycles. The summed E-state index contributed by atoms with van der Waals surface area (Å²) in [5.74, 6) is 0.274. The van der Waals surface area contributed by atoms with Crippen molar-refractivity contribution in [1.29, 1.82) is 0 Å². The predicted molar refractivity (Wildman–Crippen MR) is 91.3 cm³/mol. The van der Waals surface area contributed by atoms with Gasteiger partial charge in [-0.25, -0.2) is 9.37 Å². The van der Waals surface area contributed by atoms with E-state index in [1.165, 1.54) is 6.07 Å². The number of halogens is 2. The van der Waals surface area contributed by atoms with Gasteiger partial charge in [-0.2, -0.15) is 0 Å². The number of ether oxygens (including phenoxy) is 1. The summed E-state index contributed by atoms with van der Waals surface area (Å²) in [4.78, 5) is 15.6. The molecule has 1 aromatic heterocycles. The van der Waals surface area contributed by atoms with E-state index < -0.39 is 0 Å². The number of aryl methyl sites for hydroxylation is 1. The third kappa shape index (κ3) is 3.29. The molecule has 0 saturated heterocycles. The second-order valence-electron chi connectivity index (χ2n) is 5.21. The van der Waals surface area contributed by atoms with Crippen molar-refractivity contribution in [3.63, 3.8) is 0 Å². The summed E-state index contributed by atoms with van der Waals surface area (Å²) in [6.07, 6.45) is 0.666. The Morgan fingerprint density at radius 3 is 2.62 bits per heavy atom. The van der Waals surface area contributed by atoms with Gasteiger partial charge in [-0.1, -0.05) is 23.7 Å². The summed E-state index contributed by atoms with van der Waals surface area (Å²) in [7, 11) is 0. The van der Waals surface area contributed by atoms with Crippen LogP contribution < -0.4 is 4.74 Å². The molecule has 0 N–H and O–H groups in total. The predicted octanol–water partition coefficient (Wildman–Crippen LogP) is 5.45. The van der Waals surface area contributed by atoms with Gasteiger partial charge in [0.15, 0.2) is 6.29 Å². The Hall–Kier alpha value is -2.72. The number of aldehydes is 1. The van der Waals surface area contributed by atoms with Crippen LogP contribution in [0.25, 0.3) is 11.3 Å². The summed E-state index contributed by atoms with van der Waals surface area (Å²) in [6.45, 7) is 1.68. The molecule has 0 fully saturated rings. The van der Waals surface area contributed by atoms with Crippen molar-refractivity contribution in [1.82, 2.24) is 4.98 Å². The molecule has 1 heterocycles. The van der Waals surface area contributed by atoms with E-state index in [9.17, 15) is 9.18 Å². The van der Waals surface area contributed by atoms with Crippen molar-refractivity contribution < 1.29 is 13.9 Å². The lowest BCUT2D eigenvalue weighted by molar-refractivity contribution is 0.112. The Morgan fingerprint density at radius 2 is 1.92 bits per heavy atom. The molecule has 24 heavy (non-hydrogen) atoms. The summed E-state index contributed by atoms with van der Waals surface area (Å²) in [6, 6.07) is 14.9. The lowest BCUT2D eigenvalue weighted by atomic mass is 10.1. The summed E-state index contributed by atoms with van der Waals surface area (Å²) >= 11 is 6.08. The molecule has 120 valence electrons. The first-order valence-electron chi connectivity index (χ1n) is 7.23. The Kier molecular flexibility index (Phi) is 4.58. The van der Waals surface area contributed by atoms with Crippen LogP contribution in [0.5, 0.6) is 11.6 Å². The van der Waals surface area contributed by atoms with Gasteiger partial charge in [0.1, 0.15) is 11.6 Å². The zero-order chi connectivity index (χ0) is 17.1. The number of rotatable bonds is 4. The molecule has 0 amide bonds. The van der Waals surface area contributed by atoms with Crippen LogP contribution in [0, 0.1) is 12.7 Å². The average Bonchev–Trinajstić information content (AvgIpc) is 2.59. The first-order chi connectivity index (χ1) is 11.6. The van der Waals surface area contributed by atoms with Gasteiger partial charge in [0.05, 0.1) is 16.3 Å². The van der Waals surface area contributed by atoms with E-state index in [-0.39, 0.29) is 11.7 Å². The van der Waals surface area contributed by atoms with Crippen LogP contribution in [-0.2, 0) is 0 Å². The normalized spacial score (nSPS) is 10.5. The maximum Gasteiger partial charge on any atom is 0.230 e. The van der Waals surface area contributed by atoms with E-state index in [4.69, 9.17) is 16.3 Å². The second kappa shape index (κ2) is 6.81. The minimum Gasteiger partial charge on any atom is -0.437 e. The molecule has 5 heteroatoms. The molecule has 0 bridgehead atoms. The number of carbonyl (C=O) groups excluding carboxylic acids is 1. The fourth-order valence-electron chi connectivity index (χ4n) is 2.22. The zero-order valence-corrected chi connectivity index (χ0v) is 13.5. The minimum absolute atomic E-state index is 0.151. The third-order valence-electron chi connectivity index (χ3n) is 3.51. The highest BCUT2D eigenvalue weighted by Gasteiger charge is 2.12. The lowest BCUT2D eigenvalue weighted by Crippen LogP contribution is -1.96. The first kappa shape index (κ1) is 16.1. The molecule has 3 nitrogen and oxygen atoms in total. The highest BCUT2D eigenvalue weighted by molar-refractivity contribution is 6.32. The molecular weight excluding hydrogens is 329 g/mol. The molecule has 3 rings (SSSR count). The standard InChI is InChI=1S/C19H13ClFNO2/c1-12-10-13(6-8-16(12)21)17-9-7-14(11-23)19(22-17)24-18-5-3-2-4-15(18)20/h2-11H,1H3. The molecule has 0 atom stereocenters. The Morgan fingerprint density at radius 1 is 1.12 bits per heavy atom. The summed E-state index contributed by atoms with van der Waals surface area (Å²) in [5.41, 5.74) is 2.13. The zero-order valence-electron chi connectivity index (χ0n) is 12.8. The first-order valence-corrected chi connectivity index (χ1v) is 7.61. The van der Waals surface area contributed by atoms with Gasteiger partial charge in [0, 0.05) is 5.56 Å². The number of benzene rings is 2. The minimum atomic E-state index is -0.282. The fraction of sp³-hybridized carbons (Fsp3) is 0.0526. The van der Waals surface area contributed by atoms with Crippen LogP contribution >= 0.6 is 11.6 Å². The van der Waals surface area contributed by atoms with Gasteiger partial charge in [0.2, 0.25) is 5.88 Å². The molecule has 2 aromatic carbocycles. The Bertz CT molecular complexity index is 912. The smallest absolute Gasteiger partial charge is 0.230 e. The van der Waals surface area contributed by atoms with Gasteiger partial charge < -0.3 is 4.74 Å². The second-order valence-corrected chi connectivity index (χ2v) is 5.61. The molecule has 3 aromatic rings. The Balaban J connectivity index is 2.03. The number of nitrogens with zero attached hydrogens (tertiary/aromatic N) is 1. The van der Waals surface area contributed by atoms with Crippen LogP contribution in [0.3, 0.4) is 0 Å². The van der Waals surface area contributed by atoms with Gasteiger partial charge in [0.25, 0.3) is 0 Å². The molecule has 0 aliphatic carbocycles. The van der Waals surface area contributed by atoms with E-state index in [0.29, 0.717) is 33.9 Å². The van der Waals surface area contributed by atoms with Gasteiger partial charge in [-0.05, 0) is 55.0 Å². The average molecular weight is 342 g/mol. The molecular formula is C19H13ClFNO2. The largest absolute Gasteiger partial charge is 0.437 e. The highest BCUT2D eigenvalue weighted by atomic mass is 35.5. The van der Waals surface area contributed by atoms with Crippen molar-refractivity contribution in [3.8, 4) is 22.9 Å². The molecule has 0 radical (unpaired) electrons. The molecule has 0 saturated carbocycles. The maximum absolute atomic E-state index is 13.4. The van der Waals surface area contributed by atoms with Crippen LogP contribution in [0.15, 0.2) is 54.6 Å². The maximum atomic E-state index is 13.4. The monoisotopic (exact) mass is 341 g/mol. The molecule has 0 spiro atoms. The number of hydrogen-bond donors (Lipinski definition) is 0. The van der Waals surface area contributed by atoms with Crippen molar-refractivity contribution in [2.45, 2.75) is 6.92 Å². The number of para-hydroxylation sites is 1. The number of hydrogen-bond acceptors (Lipinski definition) is 3. The summed E-state index contributed by atoms with van der Waals surface area (Å²) in [5, 5.41) is 0.416. The van der Waals surface area contributed by atoms with Crippen molar-refractivity contribution >= 4 is 17.9 Å².